The summed E-state index contributed by atoms with van der Waals surface area (Å²) in [5.41, 5.74) is 1.24. The third-order valence-corrected chi connectivity index (χ3v) is 7.95. The van der Waals surface area contributed by atoms with Gasteiger partial charge in [-0.15, -0.1) is 10.2 Å². The molecule has 1 aromatic heterocycles. The highest BCUT2D eigenvalue weighted by Crippen LogP contribution is 2.36. The molecule has 0 radical (unpaired) electrons. The van der Waals surface area contributed by atoms with Gasteiger partial charge in [0.15, 0.2) is 15.0 Å². The second kappa shape index (κ2) is 6.70. The Morgan fingerprint density at radius 2 is 1.92 bits per heavy atom. The predicted molar refractivity (Wildman–Crippen MR) is 105 cm³/mol. The van der Waals surface area contributed by atoms with E-state index in [1.807, 2.05) is 17.7 Å². The smallest absolute Gasteiger partial charge is 0.191 e. The lowest BCUT2D eigenvalue weighted by Crippen LogP contribution is -2.09. The quantitative estimate of drug-likeness (QED) is 0.638. The largest absolute Gasteiger partial charge is 0.309 e. The molecule has 7 heteroatoms. The van der Waals surface area contributed by atoms with Gasteiger partial charge in [-0.2, -0.15) is 0 Å². The van der Waals surface area contributed by atoms with Crippen LogP contribution < -0.4 is 0 Å². The molecular formula is C19H21N3O2S2. The number of hydrogen-bond acceptors (Lipinski definition) is 5. The second-order valence-corrected chi connectivity index (χ2v) is 10.4. The van der Waals surface area contributed by atoms with Gasteiger partial charge in [-0.25, -0.2) is 8.42 Å². The van der Waals surface area contributed by atoms with Crippen molar-refractivity contribution in [3.63, 3.8) is 0 Å². The summed E-state index contributed by atoms with van der Waals surface area (Å²) in [4.78, 5) is 0. The van der Waals surface area contributed by atoms with Crippen molar-refractivity contribution < 1.29 is 8.42 Å². The highest BCUT2D eigenvalue weighted by atomic mass is 32.2. The number of thioether (sulfide) groups is 1. The van der Waals surface area contributed by atoms with Crippen LogP contribution in [0.5, 0.6) is 0 Å². The fourth-order valence-electron chi connectivity index (χ4n) is 3.47. The molecule has 0 N–H and O–H groups in total. The fourth-order valence-corrected chi connectivity index (χ4v) is 6.15. The molecule has 2 heterocycles. The Balaban J connectivity index is 1.55. The van der Waals surface area contributed by atoms with Crippen LogP contribution in [-0.2, 0) is 16.9 Å². The van der Waals surface area contributed by atoms with Crippen molar-refractivity contribution in [1.82, 2.24) is 14.8 Å². The lowest BCUT2D eigenvalue weighted by molar-refractivity contribution is 0.599. The number of nitrogens with zero attached hydrogens (tertiary/aromatic N) is 3. The van der Waals surface area contributed by atoms with Crippen molar-refractivity contribution in [2.24, 2.45) is 7.05 Å². The fraction of sp³-hybridized carbons (Fsp3) is 0.368. The van der Waals surface area contributed by atoms with Gasteiger partial charge in [0.2, 0.25) is 0 Å². The molecule has 0 amide bonds. The Morgan fingerprint density at radius 1 is 1.15 bits per heavy atom. The van der Waals surface area contributed by atoms with E-state index < -0.39 is 9.84 Å². The van der Waals surface area contributed by atoms with Crippen molar-refractivity contribution in [3.8, 4) is 0 Å². The molecule has 2 aromatic carbocycles. The van der Waals surface area contributed by atoms with Crippen LogP contribution in [0.1, 0.15) is 35.9 Å². The zero-order valence-electron chi connectivity index (χ0n) is 14.8. The van der Waals surface area contributed by atoms with Gasteiger partial charge < -0.3 is 4.57 Å². The van der Waals surface area contributed by atoms with Gasteiger partial charge in [-0.1, -0.05) is 54.2 Å². The molecule has 1 fully saturated rings. The normalized spacial score (nSPS) is 20.5. The molecule has 3 aromatic rings. The number of benzene rings is 2. The first-order valence-corrected chi connectivity index (χ1v) is 11.4. The molecular weight excluding hydrogens is 366 g/mol. The average Bonchev–Trinajstić information content (AvgIpc) is 3.16. The highest BCUT2D eigenvalue weighted by molar-refractivity contribution is 7.99. The Labute approximate surface area is 157 Å². The minimum atomic E-state index is -2.93. The van der Waals surface area contributed by atoms with Gasteiger partial charge in [-0.05, 0) is 29.7 Å². The third-order valence-electron chi connectivity index (χ3n) is 4.99. The molecule has 136 valence electrons. The zero-order valence-corrected chi connectivity index (χ0v) is 16.4. The standard InChI is InChI=1S/C19H21N3O2S2/c1-13(15-8-7-14-5-3-4-6-16(14)11-15)25-19-21-20-18(22(19)2)17-9-10-26(23,24)12-17/h3-8,11,13,17H,9-10,12H2,1-2H3. The first-order valence-electron chi connectivity index (χ1n) is 8.68. The number of hydrogen-bond donors (Lipinski definition) is 0. The Kier molecular flexibility index (Phi) is 4.52. The predicted octanol–water partition coefficient (Wildman–Crippen LogP) is 3.72. The molecule has 0 spiro atoms. The Hall–Kier alpha value is -1.86. The van der Waals surface area contributed by atoms with E-state index in [-0.39, 0.29) is 22.7 Å². The van der Waals surface area contributed by atoms with E-state index in [9.17, 15) is 8.42 Å². The molecule has 1 saturated heterocycles. The summed E-state index contributed by atoms with van der Waals surface area (Å²) < 4.78 is 25.4. The lowest BCUT2D eigenvalue weighted by Gasteiger charge is -2.13. The number of rotatable bonds is 4. The van der Waals surface area contributed by atoms with Crippen molar-refractivity contribution in [3.05, 3.63) is 53.9 Å². The first kappa shape index (κ1) is 17.5. The summed E-state index contributed by atoms with van der Waals surface area (Å²) in [5.74, 6) is 1.17. The summed E-state index contributed by atoms with van der Waals surface area (Å²) in [6.07, 6.45) is 0.638. The van der Waals surface area contributed by atoms with Gasteiger partial charge in [-0.3, -0.25) is 0 Å². The van der Waals surface area contributed by atoms with Crippen molar-refractivity contribution in [1.29, 1.82) is 0 Å². The number of fused-ring (bicyclic) bond motifs is 1. The van der Waals surface area contributed by atoms with Gasteiger partial charge in [0.1, 0.15) is 5.82 Å². The molecule has 1 aliphatic heterocycles. The van der Waals surface area contributed by atoms with Crippen LogP contribution in [0.4, 0.5) is 0 Å². The van der Waals surface area contributed by atoms with E-state index in [0.717, 1.165) is 11.0 Å². The maximum atomic E-state index is 11.7. The van der Waals surface area contributed by atoms with E-state index in [0.29, 0.717) is 6.42 Å². The summed E-state index contributed by atoms with van der Waals surface area (Å²) in [6.45, 7) is 2.16. The maximum absolute atomic E-state index is 11.7. The first-order chi connectivity index (χ1) is 12.4. The Morgan fingerprint density at radius 3 is 2.65 bits per heavy atom. The van der Waals surface area contributed by atoms with Crippen LogP contribution in [0.2, 0.25) is 0 Å². The van der Waals surface area contributed by atoms with Gasteiger partial charge in [0.05, 0.1) is 11.5 Å². The summed E-state index contributed by atoms with van der Waals surface area (Å²) >= 11 is 1.65. The number of aromatic nitrogens is 3. The van der Waals surface area contributed by atoms with Crippen LogP contribution in [0.25, 0.3) is 10.8 Å². The SMILES string of the molecule is CC(Sc1nnc(C2CCS(=O)(=O)C2)n1C)c1ccc2ccccc2c1. The van der Waals surface area contributed by atoms with E-state index in [2.05, 4.69) is 53.5 Å². The van der Waals surface area contributed by atoms with Crippen LogP contribution in [0.15, 0.2) is 47.6 Å². The van der Waals surface area contributed by atoms with Gasteiger partial charge >= 0.3 is 0 Å². The van der Waals surface area contributed by atoms with Crippen LogP contribution in [0, 0.1) is 0 Å². The van der Waals surface area contributed by atoms with Crippen molar-refractivity contribution in [2.75, 3.05) is 11.5 Å². The highest BCUT2D eigenvalue weighted by Gasteiger charge is 2.32. The van der Waals surface area contributed by atoms with Gasteiger partial charge in [0.25, 0.3) is 0 Å². The molecule has 2 atom stereocenters. The monoisotopic (exact) mass is 387 g/mol. The molecule has 26 heavy (non-hydrogen) atoms. The van der Waals surface area contributed by atoms with E-state index in [1.54, 1.807) is 11.8 Å². The van der Waals surface area contributed by atoms with Gasteiger partial charge in [0, 0.05) is 18.2 Å². The van der Waals surface area contributed by atoms with E-state index in [1.165, 1.54) is 16.3 Å². The Bertz CT molecular complexity index is 1060. The van der Waals surface area contributed by atoms with Crippen LogP contribution in [0.3, 0.4) is 0 Å². The molecule has 0 aliphatic carbocycles. The van der Waals surface area contributed by atoms with E-state index >= 15 is 0 Å². The maximum Gasteiger partial charge on any atom is 0.191 e. The van der Waals surface area contributed by atoms with Crippen LogP contribution in [-0.4, -0.2) is 34.7 Å². The minimum absolute atomic E-state index is 0.0391. The third kappa shape index (κ3) is 3.38. The lowest BCUT2D eigenvalue weighted by atomic mass is 10.1. The molecule has 0 saturated carbocycles. The summed E-state index contributed by atoms with van der Waals surface area (Å²) in [7, 11) is -1.000. The molecule has 5 nitrogen and oxygen atoms in total. The van der Waals surface area contributed by atoms with Crippen molar-refractivity contribution in [2.45, 2.75) is 29.7 Å². The topological polar surface area (TPSA) is 64.8 Å². The molecule has 0 bridgehead atoms. The second-order valence-electron chi connectivity index (χ2n) is 6.87. The number of sulfone groups is 1. The summed E-state index contributed by atoms with van der Waals surface area (Å²) in [6, 6.07) is 14.8. The molecule has 1 aliphatic rings. The summed E-state index contributed by atoms with van der Waals surface area (Å²) in [5, 5.41) is 12.1. The minimum Gasteiger partial charge on any atom is -0.309 e. The van der Waals surface area contributed by atoms with Crippen molar-refractivity contribution >= 4 is 32.4 Å². The molecule has 2 unspecified atom stereocenters. The average molecular weight is 388 g/mol. The van der Waals surface area contributed by atoms with Crippen LogP contribution >= 0.6 is 11.8 Å². The molecule has 4 rings (SSSR count). The zero-order chi connectivity index (χ0) is 18.3. The van der Waals surface area contributed by atoms with E-state index in [4.69, 9.17) is 0 Å².